The van der Waals surface area contributed by atoms with Crippen molar-refractivity contribution in [2.45, 2.75) is 0 Å². The molecule has 0 spiro atoms. The second kappa shape index (κ2) is 4.76. The van der Waals surface area contributed by atoms with Crippen LogP contribution in [0.5, 0.6) is 0 Å². The van der Waals surface area contributed by atoms with E-state index < -0.39 is 0 Å². The van der Waals surface area contributed by atoms with E-state index in [1.807, 2.05) is 41.9 Å². The molecular formula is C17H11N5S. The molecule has 2 N–H and O–H groups in total. The summed E-state index contributed by atoms with van der Waals surface area (Å²) in [6, 6.07) is 14.2. The third kappa shape index (κ3) is 2.03. The lowest BCUT2D eigenvalue weighted by Crippen LogP contribution is -1.80. The molecule has 3 aromatic heterocycles. The number of imidazole rings is 1. The van der Waals surface area contributed by atoms with E-state index in [2.05, 4.69) is 37.3 Å². The average Bonchev–Trinajstić information content (AvgIpc) is 3.31. The van der Waals surface area contributed by atoms with E-state index >= 15 is 0 Å². The van der Waals surface area contributed by atoms with Gasteiger partial charge in [-0.1, -0.05) is 30.3 Å². The van der Waals surface area contributed by atoms with Crippen molar-refractivity contribution < 1.29 is 0 Å². The number of hydrogen-bond acceptors (Lipinski definition) is 4. The molecule has 5 nitrogen and oxygen atoms in total. The van der Waals surface area contributed by atoms with Crippen molar-refractivity contribution in [3.8, 4) is 22.1 Å². The highest BCUT2D eigenvalue weighted by molar-refractivity contribution is 7.13. The van der Waals surface area contributed by atoms with E-state index in [1.165, 1.54) is 0 Å². The van der Waals surface area contributed by atoms with Crippen LogP contribution < -0.4 is 0 Å². The van der Waals surface area contributed by atoms with Crippen molar-refractivity contribution in [2.24, 2.45) is 0 Å². The van der Waals surface area contributed by atoms with Gasteiger partial charge in [0.05, 0.1) is 22.2 Å². The van der Waals surface area contributed by atoms with Crippen LogP contribution in [0.2, 0.25) is 0 Å². The Morgan fingerprint density at radius 1 is 0.913 bits per heavy atom. The van der Waals surface area contributed by atoms with Crippen molar-refractivity contribution in [1.82, 2.24) is 25.1 Å². The van der Waals surface area contributed by atoms with E-state index in [0.717, 1.165) is 38.2 Å². The van der Waals surface area contributed by atoms with Gasteiger partial charge in [0, 0.05) is 22.5 Å². The zero-order valence-corrected chi connectivity index (χ0v) is 12.8. The first-order valence-electron chi connectivity index (χ1n) is 7.21. The normalized spacial score (nSPS) is 11.5. The molecule has 0 bridgehead atoms. The van der Waals surface area contributed by atoms with Gasteiger partial charge in [-0.25, -0.2) is 15.0 Å². The summed E-state index contributed by atoms with van der Waals surface area (Å²) in [5, 5.41) is 10.0. The summed E-state index contributed by atoms with van der Waals surface area (Å²) in [6.45, 7) is 0. The van der Waals surface area contributed by atoms with Crippen molar-refractivity contribution >= 4 is 33.3 Å². The smallest absolute Gasteiger partial charge is 0.190 e. The standard InChI is InChI=1S/C17H11N5S/c1-2-4-10(5-3-1)15-9-23-17(21-15)16-19-13-6-11-8-18-22-12(11)7-14(13)20-16/h1-9,18,22H. The van der Waals surface area contributed by atoms with E-state index in [4.69, 9.17) is 0 Å². The lowest BCUT2D eigenvalue weighted by Gasteiger charge is -1.93. The predicted molar refractivity (Wildman–Crippen MR) is 92.3 cm³/mol. The monoisotopic (exact) mass is 317 g/mol. The third-order valence-electron chi connectivity index (χ3n) is 3.80. The fourth-order valence-electron chi connectivity index (χ4n) is 2.66. The minimum absolute atomic E-state index is 0.684. The Kier molecular flexibility index (Phi) is 2.59. The maximum Gasteiger partial charge on any atom is 0.190 e. The second-order valence-electron chi connectivity index (χ2n) is 5.29. The number of aromatic amines is 2. The number of fused-ring (bicyclic) bond motifs is 2. The quantitative estimate of drug-likeness (QED) is 0.512. The van der Waals surface area contributed by atoms with Crippen molar-refractivity contribution in [3.05, 3.63) is 54.0 Å². The zero-order chi connectivity index (χ0) is 15.2. The number of hydrogen-bond donors (Lipinski definition) is 2. The Morgan fingerprint density at radius 3 is 2.61 bits per heavy atom. The lowest BCUT2D eigenvalue weighted by atomic mass is 10.2. The van der Waals surface area contributed by atoms with E-state index in [0.29, 0.717) is 5.82 Å². The maximum atomic E-state index is 4.68. The van der Waals surface area contributed by atoms with Crippen LogP contribution in [0.3, 0.4) is 0 Å². The van der Waals surface area contributed by atoms with Crippen LogP contribution in [0, 0.1) is 0 Å². The molecule has 6 heteroatoms. The highest BCUT2D eigenvalue weighted by atomic mass is 32.1. The van der Waals surface area contributed by atoms with Crippen molar-refractivity contribution in [2.75, 3.05) is 0 Å². The topological polar surface area (TPSA) is 70.2 Å². The molecule has 0 aliphatic rings. The number of aromatic nitrogens is 5. The van der Waals surface area contributed by atoms with Gasteiger partial charge in [0.1, 0.15) is 0 Å². The molecular weight excluding hydrogens is 306 g/mol. The van der Waals surface area contributed by atoms with Gasteiger partial charge in [-0.05, 0) is 12.1 Å². The van der Waals surface area contributed by atoms with Crippen LogP contribution in [0.25, 0.3) is 44.0 Å². The summed E-state index contributed by atoms with van der Waals surface area (Å²) in [5.41, 5.74) is 4.85. The van der Waals surface area contributed by atoms with Crippen LogP contribution in [-0.4, -0.2) is 25.1 Å². The van der Waals surface area contributed by atoms with Gasteiger partial charge in [0.15, 0.2) is 10.8 Å². The summed E-state index contributed by atoms with van der Waals surface area (Å²) < 4.78 is 0. The molecule has 0 saturated carbocycles. The Hall–Kier alpha value is -2.99. The number of thiazole rings is 1. The highest BCUT2D eigenvalue weighted by Gasteiger charge is 2.13. The van der Waals surface area contributed by atoms with Gasteiger partial charge in [-0.2, -0.15) is 0 Å². The first kappa shape index (κ1) is 12.5. The summed E-state index contributed by atoms with van der Waals surface area (Å²) >= 11 is 1.57. The molecule has 23 heavy (non-hydrogen) atoms. The second-order valence-corrected chi connectivity index (χ2v) is 6.15. The van der Waals surface area contributed by atoms with Crippen LogP contribution in [0.4, 0.5) is 0 Å². The molecule has 5 aromatic rings. The first-order valence-corrected chi connectivity index (χ1v) is 8.09. The molecule has 5 rings (SSSR count). The van der Waals surface area contributed by atoms with Gasteiger partial charge in [-0.3, -0.25) is 0 Å². The molecule has 0 saturated heterocycles. The van der Waals surface area contributed by atoms with Crippen LogP contribution >= 0.6 is 11.3 Å². The molecule has 0 fully saturated rings. The molecule has 0 unspecified atom stereocenters. The summed E-state index contributed by atoms with van der Waals surface area (Å²) in [7, 11) is 0. The van der Waals surface area contributed by atoms with E-state index in [9.17, 15) is 0 Å². The molecule has 0 radical (unpaired) electrons. The Balaban J connectivity index is 1.61. The largest absolute Gasteiger partial charge is 0.307 e. The molecule has 0 atom stereocenters. The number of rotatable bonds is 2. The molecule has 0 amide bonds. The van der Waals surface area contributed by atoms with Gasteiger partial charge < -0.3 is 10.2 Å². The number of benzene rings is 2. The molecule has 2 aromatic carbocycles. The Morgan fingerprint density at radius 2 is 1.74 bits per heavy atom. The molecule has 0 aliphatic carbocycles. The zero-order valence-electron chi connectivity index (χ0n) is 11.9. The maximum absolute atomic E-state index is 4.68. The molecule has 0 aliphatic heterocycles. The number of nitrogens with zero attached hydrogens (tertiary/aromatic N) is 3. The Labute approximate surface area is 135 Å². The molecule has 3 heterocycles. The number of H-pyrrole nitrogens is 2. The van der Waals surface area contributed by atoms with Crippen LogP contribution in [0.1, 0.15) is 0 Å². The summed E-state index contributed by atoms with van der Waals surface area (Å²) in [5.74, 6) is 0.684. The lowest BCUT2D eigenvalue weighted by molar-refractivity contribution is 1.12. The van der Waals surface area contributed by atoms with E-state index in [-0.39, 0.29) is 0 Å². The third-order valence-corrected chi connectivity index (χ3v) is 4.64. The van der Waals surface area contributed by atoms with Gasteiger partial charge in [-0.15, -0.1) is 11.3 Å². The van der Waals surface area contributed by atoms with E-state index in [1.54, 1.807) is 11.3 Å². The summed E-state index contributed by atoms with van der Waals surface area (Å²) in [6.07, 6.45) is 1.92. The minimum Gasteiger partial charge on any atom is -0.307 e. The van der Waals surface area contributed by atoms with Crippen molar-refractivity contribution in [3.63, 3.8) is 0 Å². The predicted octanol–water partition coefficient (Wildman–Crippen LogP) is 4.23. The number of nitrogens with one attached hydrogen (secondary N) is 2. The fraction of sp³-hybridized carbons (Fsp3) is 0. The highest BCUT2D eigenvalue weighted by Crippen LogP contribution is 2.29. The van der Waals surface area contributed by atoms with Gasteiger partial charge in [0.25, 0.3) is 0 Å². The Bertz CT molecular complexity index is 1070. The van der Waals surface area contributed by atoms with Crippen LogP contribution in [-0.2, 0) is 0 Å². The summed E-state index contributed by atoms with van der Waals surface area (Å²) in [4.78, 5) is 13.9. The minimum atomic E-state index is 0.684. The fourth-order valence-corrected chi connectivity index (χ4v) is 3.42. The first-order chi connectivity index (χ1) is 11.4. The van der Waals surface area contributed by atoms with Gasteiger partial charge in [0.2, 0.25) is 0 Å². The van der Waals surface area contributed by atoms with Crippen molar-refractivity contribution in [1.29, 1.82) is 0 Å². The SMILES string of the molecule is c1ccc(-c2csc(-c3nc4cc5c[nH][nH]c5cc4n3)n2)cc1. The van der Waals surface area contributed by atoms with Gasteiger partial charge >= 0.3 is 0 Å². The van der Waals surface area contributed by atoms with Crippen LogP contribution in [0.15, 0.2) is 54.0 Å². The molecule has 110 valence electrons. The average molecular weight is 317 g/mol.